The fourth-order valence-electron chi connectivity index (χ4n) is 3.04. The Labute approximate surface area is 171 Å². The second kappa shape index (κ2) is 7.47. The molecule has 0 bridgehead atoms. The molecule has 0 aliphatic heterocycles. The minimum Gasteiger partial charge on any atom is -0.325 e. The highest BCUT2D eigenvalue weighted by molar-refractivity contribution is 8.00. The molecule has 4 rings (SSSR count). The van der Waals surface area contributed by atoms with E-state index in [0.717, 1.165) is 23.0 Å². The summed E-state index contributed by atoms with van der Waals surface area (Å²) in [7, 11) is 3.02. The average molecular weight is 411 g/mol. The predicted molar refractivity (Wildman–Crippen MR) is 113 cm³/mol. The van der Waals surface area contributed by atoms with Crippen LogP contribution in [-0.4, -0.2) is 30.8 Å². The maximum absolute atomic E-state index is 12.7. The Kier molecular flexibility index (Phi) is 4.99. The molecule has 3 aromatic rings. The Hall–Kier alpha value is -2.94. The van der Waals surface area contributed by atoms with Crippen LogP contribution in [0.4, 0.5) is 5.69 Å². The summed E-state index contributed by atoms with van der Waals surface area (Å²) in [4.78, 5) is 46.5. The number of rotatable bonds is 5. The largest absolute Gasteiger partial charge is 0.332 e. The van der Waals surface area contributed by atoms with Crippen LogP contribution in [0.3, 0.4) is 0 Å². The standard InChI is InChI=1S/C20H21N5O3S/c1-11-4-8-13(9-5-11)21-14(26)10-29-18-15-17(22-16(23-18)12-6-7-12)24(2)20(28)25(3)19(15)27/h4-5,8-9,12H,6-7,10H2,1-3H3,(H,21,26). The summed E-state index contributed by atoms with van der Waals surface area (Å²) < 4.78 is 2.40. The minimum atomic E-state index is -0.452. The topological polar surface area (TPSA) is 98.9 Å². The molecule has 0 spiro atoms. The Morgan fingerprint density at radius 1 is 1.14 bits per heavy atom. The van der Waals surface area contributed by atoms with E-state index in [-0.39, 0.29) is 23.0 Å². The fraction of sp³-hybridized carbons (Fsp3) is 0.350. The van der Waals surface area contributed by atoms with Crippen molar-refractivity contribution in [1.82, 2.24) is 19.1 Å². The third-order valence-corrected chi connectivity index (χ3v) is 5.88. The number of carbonyl (C=O) groups is 1. The molecule has 9 heteroatoms. The van der Waals surface area contributed by atoms with Gasteiger partial charge in [0.25, 0.3) is 5.56 Å². The van der Waals surface area contributed by atoms with Gasteiger partial charge in [0.15, 0.2) is 5.65 Å². The van der Waals surface area contributed by atoms with Crippen LogP contribution in [0.2, 0.25) is 0 Å². The predicted octanol–water partition coefficient (Wildman–Crippen LogP) is 1.94. The first-order valence-electron chi connectivity index (χ1n) is 9.32. The molecule has 2 heterocycles. The zero-order chi connectivity index (χ0) is 20.7. The molecule has 1 saturated carbocycles. The van der Waals surface area contributed by atoms with E-state index in [1.807, 2.05) is 31.2 Å². The molecule has 29 heavy (non-hydrogen) atoms. The van der Waals surface area contributed by atoms with E-state index in [4.69, 9.17) is 0 Å². The SMILES string of the molecule is Cc1ccc(NC(=O)CSc2nc(C3CC3)nc3c2c(=O)n(C)c(=O)n3C)cc1. The van der Waals surface area contributed by atoms with E-state index in [9.17, 15) is 14.4 Å². The van der Waals surface area contributed by atoms with Crippen molar-refractivity contribution in [3.8, 4) is 0 Å². The van der Waals surface area contributed by atoms with Gasteiger partial charge in [-0.3, -0.25) is 18.7 Å². The number of aryl methyl sites for hydroxylation is 2. The molecule has 1 aliphatic rings. The van der Waals surface area contributed by atoms with Crippen molar-refractivity contribution in [2.24, 2.45) is 14.1 Å². The van der Waals surface area contributed by atoms with Gasteiger partial charge >= 0.3 is 5.69 Å². The lowest BCUT2D eigenvalue weighted by atomic mass is 10.2. The van der Waals surface area contributed by atoms with E-state index >= 15 is 0 Å². The van der Waals surface area contributed by atoms with E-state index in [1.165, 1.54) is 23.4 Å². The van der Waals surface area contributed by atoms with E-state index in [2.05, 4.69) is 15.3 Å². The maximum atomic E-state index is 12.7. The van der Waals surface area contributed by atoms with Crippen LogP contribution in [0.5, 0.6) is 0 Å². The molecular formula is C20H21N5O3S. The molecule has 150 valence electrons. The number of thioether (sulfide) groups is 1. The third-order valence-electron chi connectivity index (χ3n) is 4.90. The van der Waals surface area contributed by atoms with Gasteiger partial charge in [0, 0.05) is 25.7 Å². The maximum Gasteiger partial charge on any atom is 0.332 e. The van der Waals surface area contributed by atoms with Gasteiger partial charge in [-0.05, 0) is 31.9 Å². The van der Waals surface area contributed by atoms with Crippen LogP contribution >= 0.6 is 11.8 Å². The summed E-state index contributed by atoms with van der Waals surface area (Å²) in [5.41, 5.74) is 1.25. The number of hydrogen-bond acceptors (Lipinski definition) is 6. The number of nitrogens with one attached hydrogen (secondary N) is 1. The number of nitrogens with zero attached hydrogens (tertiary/aromatic N) is 4. The number of anilines is 1. The molecule has 8 nitrogen and oxygen atoms in total. The van der Waals surface area contributed by atoms with Crippen molar-refractivity contribution in [2.75, 3.05) is 11.1 Å². The smallest absolute Gasteiger partial charge is 0.325 e. The molecule has 1 amide bonds. The summed E-state index contributed by atoms with van der Waals surface area (Å²) in [6.07, 6.45) is 1.98. The highest BCUT2D eigenvalue weighted by Gasteiger charge is 2.29. The zero-order valence-corrected chi connectivity index (χ0v) is 17.2. The van der Waals surface area contributed by atoms with E-state index in [0.29, 0.717) is 22.2 Å². The van der Waals surface area contributed by atoms with Crippen LogP contribution in [0.25, 0.3) is 11.0 Å². The van der Waals surface area contributed by atoms with Crippen molar-refractivity contribution >= 4 is 34.4 Å². The number of hydrogen-bond donors (Lipinski definition) is 1. The Morgan fingerprint density at radius 3 is 2.48 bits per heavy atom. The van der Waals surface area contributed by atoms with Gasteiger partial charge in [-0.15, -0.1) is 0 Å². The first-order chi connectivity index (χ1) is 13.8. The molecule has 1 N–H and O–H groups in total. The molecule has 0 saturated heterocycles. The molecule has 1 aromatic carbocycles. The van der Waals surface area contributed by atoms with Gasteiger partial charge in [0.1, 0.15) is 16.2 Å². The molecule has 0 unspecified atom stereocenters. The van der Waals surface area contributed by atoms with Gasteiger partial charge in [-0.2, -0.15) is 0 Å². The third kappa shape index (κ3) is 3.82. The number of fused-ring (bicyclic) bond motifs is 1. The second-order valence-electron chi connectivity index (χ2n) is 7.27. The lowest BCUT2D eigenvalue weighted by molar-refractivity contribution is -0.113. The number of benzene rings is 1. The van der Waals surface area contributed by atoms with Crippen molar-refractivity contribution in [2.45, 2.75) is 30.7 Å². The van der Waals surface area contributed by atoms with Crippen LogP contribution in [-0.2, 0) is 18.9 Å². The van der Waals surface area contributed by atoms with E-state index < -0.39 is 11.2 Å². The molecule has 1 aliphatic carbocycles. The number of amides is 1. The lowest BCUT2D eigenvalue weighted by Gasteiger charge is -2.11. The summed E-state index contributed by atoms with van der Waals surface area (Å²) in [5, 5.41) is 3.55. The van der Waals surface area contributed by atoms with Gasteiger partial charge in [0.2, 0.25) is 5.91 Å². The van der Waals surface area contributed by atoms with Crippen LogP contribution in [0.15, 0.2) is 38.9 Å². The molecule has 1 fully saturated rings. The summed E-state index contributed by atoms with van der Waals surface area (Å²) >= 11 is 1.19. The monoisotopic (exact) mass is 411 g/mol. The van der Waals surface area contributed by atoms with Gasteiger partial charge < -0.3 is 5.32 Å². The molecule has 2 aromatic heterocycles. The average Bonchev–Trinajstić information content (AvgIpc) is 3.55. The Morgan fingerprint density at radius 2 is 1.83 bits per heavy atom. The first kappa shape index (κ1) is 19.4. The fourth-order valence-corrected chi connectivity index (χ4v) is 3.86. The van der Waals surface area contributed by atoms with Gasteiger partial charge in [0.05, 0.1) is 5.75 Å². The molecule has 0 atom stereocenters. The van der Waals surface area contributed by atoms with Gasteiger partial charge in [-0.25, -0.2) is 14.8 Å². The Balaban J connectivity index is 1.67. The Bertz CT molecular complexity index is 1230. The quantitative estimate of drug-likeness (QED) is 0.509. The van der Waals surface area contributed by atoms with Gasteiger partial charge in [-0.1, -0.05) is 29.5 Å². The van der Waals surface area contributed by atoms with E-state index in [1.54, 1.807) is 7.05 Å². The second-order valence-corrected chi connectivity index (χ2v) is 8.23. The van der Waals surface area contributed by atoms with Crippen LogP contribution in [0, 0.1) is 6.92 Å². The summed E-state index contributed by atoms with van der Waals surface area (Å²) in [5.74, 6) is 0.775. The lowest BCUT2D eigenvalue weighted by Crippen LogP contribution is -2.37. The molecular weight excluding hydrogens is 390 g/mol. The summed E-state index contributed by atoms with van der Waals surface area (Å²) in [6, 6.07) is 7.53. The van der Waals surface area contributed by atoms with Crippen molar-refractivity contribution in [1.29, 1.82) is 0 Å². The molecule has 0 radical (unpaired) electrons. The number of aromatic nitrogens is 4. The highest BCUT2D eigenvalue weighted by Crippen LogP contribution is 2.39. The first-order valence-corrected chi connectivity index (χ1v) is 10.3. The summed E-state index contributed by atoms with van der Waals surface area (Å²) in [6.45, 7) is 1.98. The highest BCUT2D eigenvalue weighted by atomic mass is 32.2. The van der Waals surface area contributed by atoms with Crippen LogP contribution in [0.1, 0.15) is 30.1 Å². The zero-order valence-electron chi connectivity index (χ0n) is 16.4. The minimum absolute atomic E-state index is 0.0933. The normalized spacial score (nSPS) is 13.6. The van der Waals surface area contributed by atoms with Crippen LogP contribution < -0.4 is 16.6 Å². The van der Waals surface area contributed by atoms with Crippen molar-refractivity contribution in [3.63, 3.8) is 0 Å². The van der Waals surface area contributed by atoms with Crippen molar-refractivity contribution < 1.29 is 4.79 Å². The van der Waals surface area contributed by atoms with Crippen molar-refractivity contribution in [3.05, 3.63) is 56.5 Å². The number of carbonyl (C=O) groups excluding carboxylic acids is 1.